The van der Waals surface area contributed by atoms with Crippen molar-refractivity contribution in [2.75, 3.05) is 4.90 Å². The number of anilines is 1. The number of para-hydroxylation sites is 1. The Kier molecular flexibility index (Phi) is 3.81. The highest BCUT2D eigenvalue weighted by Gasteiger charge is 2.42. The lowest BCUT2D eigenvalue weighted by atomic mass is 9.97. The summed E-state index contributed by atoms with van der Waals surface area (Å²) in [6.07, 6.45) is 2.55. The minimum absolute atomic E-state index is 0.109. The Morgan fingerprint density at radius 3 is 2.43 bits per heavy atom. The molecule has 1 aromatic rings. The van der Waals surface area contributed by atoms with Gasteiger partial charge in [-0.05, 0) is 36.8 Å². The quantitative estimate of drug-likeness (QED) is 0.868. The molecule has 112 valence electrons. The van der Waals surface area contributed by atoms with E-state index in [1.54, 1.807) is 12.1 Å². The minimum Gasteiger partial charge on any atom is -0.302 e. The SMILES string of the molecule is CC1CCC(NC2CC(=O)N(c3ccccc3)C2=O)C1C. The third-order valence-electron chi connectivity index (χ3n) is 5.04. The van der Waals surface area contributed by atoms with Gasteiger partial charge in [0.15, 0.2) is 0 Å². The Labute approximate surface area is 125 Å². The summed E-state index contributed by atoms with van der Waals surface area (Å²) in [5.41, 5.74) is 0.671. The first-order valence-corrected chi connectivity index (χ1v) is 7.76. The topological polar surface area (TPSA) is 49.4 Å². The van der Waals surface area contributed by atoms with Crippen molar-refractivity contribution in [3.8, 4) is 0 Å². The van der Waals surface area contributed by atoms with Gasteiger partial charge in [-0.25, -0.2) is 4.90 Å². The van der Waals surface area contributed by atoms with Gasteiger partial charge in [-0.1, -0.05) is 32.0 Å². The summed E-state index contributed by atoms with van der Waals surface area (Å²) in [7, 11) is 0. The van der Waals surface area contributed by atoms with E-state index in [0.717, 1.165) is 6.42 Å². The summed E-state index contributed by atoms with van der Waals surface area (Å²) >= 11 is 0. The highest BCUT2D eigenvalue weighted by Crippen LogP contribution is 2.32. The van der Waals surface area contributed by atoms with Crippen molar-refractivity contribution in [3.05, 3.63) is 30.3 Å². The molecule has 1 heterocycles. The summed E-state index contributed by atoms with van der Waals surface area (Å²) < 4.78 is 0. The van der Waals surface area contributed by atoms with Crippen LogP contribution in [0.5, 0.6) is 0 Å². The van der Waals surface area contributed by atoms with Gasteiger partial charge in [-0.2, -0.15) is 0 Å². The lowest BCUT2D eigenvalue weighted by Gasteiger charge is -2.23. The second-order valence-corrected chi connectivity index (χ2v) is 6.35. The molecular formula is C17H22N2O2. The van der Waals surface area contributed by atoms with Crippen LogP contribution in [0, 0.1) is 11.8 Å². The molecule has 1 N–H and O–H groups in total. The molecule has 1 saturated heterocycles. The fourth-order valence-corrected chi connectivity index (χ4v) is 3.47. The fourth-order valence-electron chi connectivity index (χ4n) is 3.47. The van der Waals surface area contributed by atoms with Crippen molar-refractivity contribution in [2.45, 2.75) is 45.2 Å². The van der Waals surface area contributed by atoms with Crippen LogP contribution in [0.1, 0.15) is 33.1 Å². The lowest BCUT2D eigenvalue weighted by molar-refractivity contribution is -0.121. The molecule has 0 aromatic heterocycles. The number of hydrogen-bond acceptors (Lipinski definition) is 3. The molecule has 3 rings (SSSR count). The maximum atomic E-state index is 12.5. The van der Waals surface area contributed by atoms with Gasteiger partial charge in [0.25, 0.3) is 5.91 Å². The van der Waals surface area contributed by atoms with E-state index in [4.69, 9.17) is 0 Å². The summed E-state index contributed by atoms with van der Waals surface area (Å²) in [6, 6.07) is 9.16. The molecule has 4 nitrogen and oxygen atoms in total. The van der Waals surface area contributed by atoms with E-state index in [9.17, 15) is 9.59 Å². The van der Waals surface area contributed by atoms with E-state index in [2.05, 4.69) is 19.2 Å². The van der Waals surface area contributed by atoms with E-state index in [-0.39, 0.29) is 24.3 Å². The largest absolute Gasteiger partial charge is 0.302 e. The fraction of sp³-hybridized carbons (Fsp3) is 0.529. The molecule has 0 bridgehead atoms. The molecule has 4 unspecified atom stereocenters. The Morgan fingerprint density at radius 2 is 1.81 bits per heavy atom. The summed E-state index contributed by atoms with van der Waals surface area (Å²) in [5, 5.41) is 3.43. The van der Waals surface area contributed by atoms with Gasteiger partial charge in [0.1, 0.15) is 0 Å². The highest BCUT2D eigenvalue weighted by atomic mass is 16.2. The van der Waals surface area contributed by atoms with Crippen LogP contribution >= 0.6 is 0 Å². The van der Waals surface area contributed by atoms with Gasteiger partial charge in [-0.3, -0.25) is 9.59 Å². The Bertz CT molecular complexity index is 543. The number of carbonyl (C=O) groups is 2. The van der Waals surface area contributed by atoms with Crippen LogP contribution in [0.15, 0.2) is 30.3 Å². The zero-order valence-corrected chi connectivity index (χ0v) is 12.6. The van der Waals surface area contributed by atoms with E-state index < -0.39 is 0 Å². The summed E-state index contributed by atoms with van der Waals surface area (Å²) in [5.74, 6) is 1.01. The number of nitrogens with zero attached hydrogens (tertiary/aromatic N) is 1. The summed E-state index contributed by atoms with van der Waals surface area (Å²) in [4.78, 5) is 26.0. The smallest absolute Gasteiger partial charge is 0.251 e. The van der Waals surface area contributed by atoms with Crippen LogP contribution in [0.2, 0.25) is 0 Å². The molecule has 1 aromatic carbocycles. The number of hydrogen-bond donors (Lipinski definition) is 1. The van der Waals surface area contributed by atoms with E-state index in [1.165, 1.54) is 11.3 Å². The van der Waals surface area contributed by atoms with E-state index in [0.29, 0.717) is 23.6 Å². The van der Waals surface area contributed by atoms with Gasteiger partial charge in [0.2, 0.25) is 5.91 Å². The number of nitrogens with one attached hydrogen (secondary N) is 1. The van der Waals surface area contributed by atoms with Gasteiger partial charge in [0, 0.05) is 6.04 Å². The molecule has 1 aliphatic heterocycles. The molecular weight excluding hydrogens is 264 g/mol. The van der Waals surface area contributed by atoms with E-state index in [1.807, 2.05) is 18.2 Å². The van der Waals surface area contributed by atoms with Gasteiger partial charge in [0.05, 0.1) is 18.2 Å². The van der Waals surface area contributed by atoms with Crippen LogP contribution in [0.3, 0.4) is 0 Å². The maximum Gasteiger partial charge on any atom is 0.251 e. The first-order chi connectivity index (χ1) is 10.1. The second-order valence-electron chi connectivity index (χ2n) is 6.35. The maximum absolute atomic E-state index is 12.5. The lowest BCUT2D eigenvalue weighted by Crippen LogP contribution is -2.45. The number of rotatable bonds is 3. The van der Waals surface area contributed by atoms with Crippen LogP contribution in [-0.4, -0.2) is 23.9 Å². The van der Waals surface area contributed by atoms with Crippen molar-refractivity contribution < 1.29 is 9.59 Å². The monoisotopic (exact) mass is 286 g/mol. The predicted molar refractivity (Wildman–Crippen MR) is 81.8 cm³/mol. The van der Waals surface area contributed by atoms with Gasteiger partial charge in [-0.15, -0.1) is 0 Å². The molecule has 0 radical (unpaired) electrons. The van der Waals surface area contributed by atoms with Crippen molar-refractivity contribution in [1.29, 1.82) is 0 Å². The van der Waals surface area contributed by atoms with Crippen molar-refractivity contribution >= 4 is 17.5 Å². The zero-order valence-electron chi connectivity index (χ0n) is 12.6. The third kappa shape index (κ3) is 2.60. The van der Waals surface area contributed by atoms with Gasteiger partial charge < -0.3 is 5.32 Å². The molecule has 21 heavy (non-hydrogen) atoms. The average Bonchev–Trinajstić information content (AvgIpc) is 2.94. The second kappa shape index (κ2) is 5.60. The zero-order chi connectivity index (χ0) is 15.0. The van der Waals surface area contributed by atoms with Crippen molar-refractivity contribution in [3.63, 3.8) is 0 Å². The molecule has 1 aliphatic carbocycles. The molecule has 2 fully saturated rings. The van der Waals surface area contributed by atoms with Crippen LogP contribution in [0.25, 0.3) is 0 Å². The first-order valence-electron chi connectivity index (χ1n) is 7.76. The standard InChI is InChI=1S/C17H22N2O2/c1-11-8-9-14(12(11)2)18-15-10-16(20)19(17(15)21)13-6-4-3-5-7-13/h3-7,11-12,14-15,18H,8-10H2,1-2H3. The number of benzene rings is 1. The van der Waals surface area contributed by atoms with Crippen LogP contribution < -0.4 is 10.2 Å². The van der Waals surface area contributed by atoms with Crippen LogP contribution in [-0.2, 0) is 9.59 Å². The highest BCUT2D eigenvalue weighted by molar-refractivity contribution is 6.22. The molecule has 4 atom stereocenters. The van der Waals surface area contributed by atoms with Crippen LogP contribution in [0.4, 0.5) is 5.69 Å². The Hall–Kier alpha value is -1.68. The Morgan fingerprint density at radius 1 is 1.10 bits per heavy atom. The third-order valence-corrected chi connectivity index (χ3v) is 5.04. The molecule has 0 spiro atoms. The minimum atomic E-state index is -0.365. The number of amides is 2. The summed E-state index contributed by atoms with van der Waals surface area (Å²) in [6.45, 7) is 4.48. The molecule has 1 saturated carbocycles. The number of carbonyl (C=O) groups excluding carboxylic acids is 2. The average molecular weight is 286 g/mol. The van der Waals surface area contributed by atoms with Crippen molar-refractivity contribution in [2.24, 2.45) is 11.8 Å². The molecule has 4 heteroatoms. The molecule has 2 amide bonds. The Balaban J connectivity index is 1.72. The van der Waals surface area contributed by atoms with E-state index >= 15 is 0 Å². The number of imide groups is 1. The van der Waals surface area contributed by atoms with Gasteiger partial charge >= 0.3 is 0 Å². The predicted octanol–water partition coefficient (Wildman–Crippen LogP) is 2.34. The normalized spacial score (nSPS) is 33.0. The van der Waals surface area contributed by atoms with Crippen molar-refractivity contribution in [1.82, 2.24) is 5.32 Å². The first kappa shape index (κ1) is 14.3. The molecule has 2 aliphatic rings.